The van der Waals surface area contributed by atoms with Gasteiger partial charge in [0.15, 0.2) is 0 Å². The smallest absolute Gasteiger partial charge is 0.254 e. The molecular formula is C20H25N5O3. The minimum atomic E-state index is -0.625. The molecule has 0 aliphatic heterocycles. The normalized spacial score (nSPS) is 22.0. The second-order valence-corrected chi connectivity index (χ2v) is 7.26. The molecule has 4 rings (SSSR count). The second-order valence-electron chi connectivity index (χ2n) is 7.26. The number of carbonyl (C=O) groups is 1. The maximum absolute atomic E-state index is 13.0. The van der Waals surface area contributed by atoms with Crippen LogP contribution in [0.2, 0.25) is 0 Å². The minimum absolute atomic E-state index is 0.0540. The number of hydrogen-bond donors (Lipinski definition) is 1. The van der Waals surface area contributed by atoms with Crippen LogP contribution in [0.4, 0.5) is 0 Å². The molecule has 148 valence electrons. The Morgan fingerprint density at radius 2 is 2.21 bits per heavy atom. The van der Waals surface area contributed by atoms with E-state index in [4.69, 9.17) is 4.74 Å². The average Bonchev–Trinajstić information content (AvgIpc) is 3.44. The summed E-state index contributed by atoms with van der Waals surface area (Å²) in [6, 6.07) is 5.27. The molecule has 1 aliphatic rings. The fourth-order valence-corrected chi connectivity index (χ4v) is 4.07. The Morgan fingerprint density at radius 3 is 2.96 bits per heavy atom. The predicted molar refractivity (Wildman–Crippen MR) is 104 cm³/mol. The van der Waals surface area contributed by atoms with Gasteiger partial charge in [0.05, 0.1) is 48.5 Å². The van der Waals surface area contributed by atoms with Gasteiger partial charge >= 0.3 is 0 Å². The lowest BCUT2D eigenvalue weighted by Gasteiger charge is -2.29. The summed E-state index contributed by atoms with van der Waals surface area (Å²) in [5, 5.41) is 10.8. The van der Waals surface area contributed by atoms with Crippen molar-refractivity contribution in [1.82, 2.24) is 24.0 Å². The summed E-state index contributed by atoms with van der Waals surface area (Å²) in [5.74, 6) is -0.108. The van der Waals surface area contributed by atoms with Gasteiger partial charge in [-0.25, -0.2) is 9.97 Å². The van der Waals surface area contributed by atoms with Crippen molar-refractivity contribution >= 4 is 16.9 Å². The number of carbonyl (C=O) groups excluding carboxylic acids is 1. The Hall–Kier alpha value is -2.71. The van der Waals surface area contributed by atoms with Crippen LogP contribution >= 0.6 is 0 Å². The number of aliphatic hydroxyl groups is 1. The number of benzene rings is 1. The number of amides is 1. The number of nitrogens with zero attached hydrogens (tertiary/aromatic N) is 5. The molecule has 8 nitrogen and oxygen atoms in total. The lowest BCUT2D eigenvalue weighted by atomic mass is 10.1. The third-order valence-corrected chi connectivity index (χ3v) is 5.68. The van der Waals surface area contributed by atoms with Crippen molar-refractivity contribution in [3.05, 3.63) is 48.8 Å². The van der Waals surface area contributed by atoms with Crippen LogP contribution in [0.15, 0.2) is 43.2 Å². The Kier molecular flexibility index (Phi) is 5.15. The molecule has 0 saturated heterocycles. The molecule has 0 unspecified atom stereocenters. The van der Waals surface area contributed by atoms with Crippen molar-refractivity contribution in [1.29, 1.82) is 0 Å². The number of fused-ring (bicyclic) bond motifs is 1. The van der Waals surface area contributed by atoms with Crippen LogP contribution in [0.1, 0.15) is 29.2 Å². The standard InChI is InChI=1S/C20H25N5O3/c1-23(17-5-6-18(19(17)26)24-8-7-21-12-24)20(27)14-3-4-16-15(11-14)22-13-25(16)9-10-28-2/h3-4,7-8,11-13,17-19,26H,5-6,9-10H2,1-2H3/t17-,18-,19-/m1/s1. The van der Waals surface area contributed by atoms with Crippen LogP contribution in [-0.4, -0.2) is 67.9 Å². The third-order valence-electron chi connectivity index (χ3n) is 5.68. The summed E-state index contributed by atoms with van der Waals surface area (Å²) in [7, 11) is 3.43. The first-order valence-electron chi connectivity index (χ1n) is 9.46. The highest BCUT2D eigenvalue weighted by Crippen LogP contribution is 2.33. The van der Waals surface area contributed by atoms with Gasteiger partial charge in [-0.1, -0.05) is 0 Å². The number of likely N-dealkylation sites (N-methyl/N-ethyl adjacent to an activating group) is 1. The maximum atomic E-state index is 13.0. The molecule has 3 aromatic rings. The van der Waals surface area contributed by atoms with E-state index in [1.165, 1.54) is 0 Å². The number of imidazole rings is 2. The Balaban J connectivity index is 1.51. The van der Waals surface area contributed by atoms with E-state index in [0.29, 0.717) is 18.7 Å². The molecule has 1 N–H and O–H groups in total. The topological polar surface area (TPSA) is 85.4 Å². The summed E-state index contributed by atoms with van der Waals surface area (Å²) in [5.41, 5.74) is 2.32. The zero-order valence-corrected chi connectivity index (χ0v) is 16.1. The van der Waals surface area contributed by atoms with Crippen molar-refractivity contribution in [3.8, 4) is 0 Å². The maximum Gasteiger partial charge on any atom is 0.254 e. The van der Waals surface area contributed by atoms with Crippen LogP contribution in [-0.2, 0) is 11.3 Å². The van der Waals surface area contributed by atoms with Crippen molar-refractivity contribution in [2.75, 3.05) is 20.8 Å². The Bertz CT molecular complexity index is 952. The Morgan fingerprint density at radius 1 is 1.36 bits per heavy atom. The zero-order valence-electron chi connectivity index (χ0n) is 16.1. The lowest BCUT2D eigenvalue weighted by Crippen LogP contribution is -2.43. The Labute approximate surface area is 163 Å². The van der Waals surface area contributed by atoms with Gasteiger partial charge in [0.1, 0.15) is 0 Å². The number of ether oxygens (including phenoxy) is 1. The highest BCUT2D eigenvalue weighted by Gasteiger charge is 2.39. The fraction of sp³-hybridized carbons (Fsp3) is 0.450. The van der Waals surface area contributed by atoms with Gasteiger partial charge in [0.2, 0.25) is 0 Å². The molecule has 2 heterocycles. The van der Waals surface area contributed by atoms with Crippen LogP contribution in [0.5, 0.6) is 0 Å². The van der Waals surface area contributed by atoms with E-state index < -0.39 is 6.10 Å². The second kappa shape index (κ2) is 7.73. The van der Waals surface area contributed by atoms with E-state index >= 15 is 0 Å². The first-order valence-corrected chi connectivity index (χ1v) is 9.46. The highest BCUT2D eigenvalue weighted by molar-refractivity contribution is 5.97. The largest absolute Gasteiger partial charge is 0.389 e. The highest BCUT2D eigenvalue weighted by atomic mass is 16.5. The van der Waals surface area contributed by atoms with Gasteiger partial charge in [0, 0.05) is 38.7 Å². The summed E-state index contributed by atoms with van der Waals surface area (Å²) in [6.45, 7) is 1.32. The monoisotopic (exact) mass is 383 g/mol. The van der Waals surface area contributed by atoms with Crippen LogP contribution in [0, 0.1) is 0 Å². The van der Waals surface area contributed by atoms with E-state index in [9.17, 15) is 9.90 Å². The molecular weight excluding hydrogens is 358 g/mol. The molecule has 0 radical (unpaired) electrons. The fourth-order valence-electron chi connectivity index (χ4n) is 4.07. The summed E-state index contributed by atoms with van der Waals surface area (Å²) in [6.07, 6.45) is 7.97. The molecule has 0 spiro atoms. The van der Waals surface area contributed by atoms with Crippen LogP contribution in [0.3, 0.4) is 0 Å². The van der Waals surface area contributed by atoms with E-state index in [0.717, 1.165) is 23.9 Å². The molecule has 2 aromatic heterocycles. The molecule has 0 bridgehead atoms. The van der Waals surface area contributed by atoms with Crippen molar-refractivity contribution in [2.45, 2.75) is 37.6 Å². The number of methoxy groups -OCH3 is 1. The molecule has 1 fully saturated rings. The minimum Gasteiger partial charge on any atom is -0.389 e. The van der Waals surface area contributed by atoms with Gasteiger partial charge in [-0.3, -0.25) is 4.79 Å². The summed E-state index contributed by atoms with van der Waals surface area (Å²) < 4.78 is 9.05. The van der Waals surface area contributed by atoms with Gasteiger partial charge in [-0.15, -0.1) is 0 Å². The van der Waals surface area contributed by atoms with E-state index in [-0.39, 0.29) is 18.0 Å². The van der Waals surface area contributed by atoms with Gasteiger partial charge in [-0.2, -0.15) is 0 Å². The number of aliphatic hydroxyl groups excluding tert-OH is 1. The average molecular weight is 383 g/mol. The number of rotatable bonds is 6. The van der Waals surface area contributed by atoms with Crippen LogP contribution in [0.25, 0.3) is 11.0 Å². The molecule has 3 atom stereocenters. The number of hydrogen-bond acceptors (Lipinski definition) is 5. The molecule has 8 heteroatoms. The third kappa shape index (κ3) is 3.29. The van der Waals surface area contributed by atoms with Gasteiger partial charge < -0.3 is 23.9 Å². The van der Waals surface area contributed by atoms with Gasteiger partial charge in [0.25, 0.3) is 5.91 Å². The van der Waals surface area contributed by atoms with Crippen LogP contribution < -0.4 is 0 Å². The quantitative estimate of drug-likeness (QED) is 0.700. The SMILES string of the molecule is COCCn1cnc2cc(C(=O)N(C)[C@@H]3CC[C@@H](n4ccnc4)[C@@H]3O)ccc21. The summed E-state index contributed by atoms with van der Waals surface area (Å²) >= 11 is 0. The van der Waals surface area contributed by atoms with E-state index in [1.54, 1.807) is 37.9 Å². The molecule has 1 aliphatic carbocycles. The summed E-state index contributed by atoms with van der Waals surface area (Å²) in [4.78, 5) is 23.2. The first-order chi connectivity index (χ1) is 13.6. The van der Waals surface area contributed by atoms with Crippen molar-refractivity contribution in [3.63, 3.8) is 0 Å². The molecule has 28 heavy (non-hydrogen) atoms. The van der Waals surface area contributed by atoms with E-state index in [2.05, 4.69) is 9.97 Å². The molecule has 1 amide bonds. The lowest BCUT2D eigenvalue weighted by molar-refractivity contribution is 0.0443. The zero-order chi connectivity index (χ0) is 19.7. The van der Waals surface area contributed by atoms with Crippen molar-refractivity contribution in [2.24, 2.45) is 0 Å². The molecule has 1 aromatic carbocycles. The van der Waals surface area contributed by atoms with Crippen molar-refractivity contribution < 1.29 is 14.6 Å². The molecule has 1 saturated carbocycles. The first kappa shape index (κ1) is 18.6. The predicted octanol–water partition coefficient (Wildman–Crippen LogP) is 1.72. The van der Waals surface area contributed by atoms with Gasteiger partial charge in [-0.05, 0) is 31.0 Å². The number of aromatic nitrogens is 4. The van der Waals surface area contributed by atoms with E-state index in [1.807, 2.05) is 33.5 Å².